The molecule has 2 nitrogen and oxygen atoms in total. The van der Waals surface area contributed by atoms with Crippen molar-refractivity contribution in [2.75, 3.05) is 7.11 Å². The van der Waals surface area contributed by atoms with E-state index < -0.39 is 9.93 Å². The van der Waals surface area contributed by atoms with Crippen molar-refractivity contribution >= 4 is 34.5 Å². The number of thiophene rings is 1. The molecular formula is C21H16Cl2O2S. The van der Waals surface area contributed by atoms with Gasteiger partial charge in [0.05, 0.1) is 13.0 Å². The topological polar surface area (TPSA) is 18.5 Å². The molecule has 0 amide bonds. The molecule has 0 N–H and O–H groups in total. The molecule has 2 aromatic carbocycles. The minimum Gasteiger partial charge on any atom is -0.497 e. The second-order valence-electron chi connectivity index (χ2n) is 6.70. The van der Waals surface area contributed by atoms with Crippen molar-refractivity contribution < 1.29 is 9.47 Å². The highest BCUT2D eigenvalue weighted by Gasteiger charge is 2.83. The first-order valence-corrected chi connectivity index (χ1v) is 10.1. The highest BCUT2D eigenvalue weighted by molar-refractivity contribution is 7.10. The lowest BCUT2D eigenvalue weighted by atomic mass is 9.86. The smallest absolute Gasteiger partial charge is 0.174 e. The fourth-order valence-corrected chi connectivity index (χ4v) is 6.08. The number of fused-ring (bicyclic) bond motifs is 2. The van der Waals surface area contributed by atoms with Gasteiger partial charge in [-0.25, -0.2) is 0 Å². The number of ether oxygens (including phenoxy) is 2. The lowest BCUT2D eigenvalue weighted by molar-refractivity contribution is 0.138. The molecule has 1 saturated carbocycles. The standard InChI is InChI=1S/C21H16Cl2O2S/c1-24-14-10-8-13(9-11-14)20-19(21(20,22)23)18(17-7-4-12-26-17)15-5-2-3-6-16(15)25-20/h2-12,18-19H,1H3/t18-,19-,20+/m0/s1. The molecule has 3 atom stereocenters. The summed E-state index contributed by atoms with van der Waals surface area (Å²) in [5.41, 5.74) is 1.36. The molecular weight excluding hydrogens is 387 g/mol. The van der Waals surface area contributed by atoms with Crippen LogP contribution in [0.5, 0.6) is 11.5 Å². The van der Waals surface area contributed by atoms with E-state index in [0.29, 0.717) is 0 Å². The monoisotopic (exact) mass is 402 g/mol. The first kappa shape index (κ1) is 16.5. The maximum absolute atomic E-state index is 6.89. The van der Waals surface area contributed by atoms with E-state index in [1.807, 2.05) is 42.5 Å². The highest BCUT2D eigenvalue weighted by atomic mass is 35.5. The summed E-state index contributed by atoms with van der Waals surface area (Å²) in [5.74, 6) is 1.70. The number of benzene rings is 2. The molecule has 1 aliphatic carbocycles. The highest BCUT2D eigenvalue weighted by Crippen LogP contribution is 2.77. The Morgan fingerprint density at radius 3 is 2.46 bits per heavy atom. The van der Waals surface area contributed by atoms with Gasteiger partial charge < -0.3 is 9.47 Å². The van der Waals surface area contributed by atoms with Crippen LogP contribution in [0.3, 0.4) is 0 Å². The number of hydrogen-bond donors (Lipinski definition) is 0. The van der Waals surface area contributed by atoms with E-state index >= 15 is 0 Å². The van der Waals surface area contributed by atoms with Crippen molar-refractivity contribution in [3.8, 4) is 11.5 Å². The Balaban J connectivity index is 1.70. The Morgan fingerprint density at radius 2 is 1.77 bits per heavy atom. The molecule has 0 bridgehead atoms. The summed E-state index contributed by atoms with van der Waals surface area (Å²) in [6.07, 6.45) is 0. The summed E-state index contributed by atoms with van der Waals surface area (Å²) >= 11 is 15.5. The van der Waals surface area contributed by atoms with Crippen LogP contribution in [0, 0.1) is 5.92 Å². The van der Waals surface area contributed by atoms with Gasteiger partial charge in [0.2, 0.25) is 0 Å². The van der Waals surface area contributed by atoms with Gasteiger partial charge in [0.25, 0.3) is 0 Å². The quantitative estimate of drug-likeness (QED) is 0.501. The van der Waals surface area contributed by atoms with E-state index in [0.717, 1.165) is 22.6 Å². The molecule has 0 saturated heterocycles. The van der Waals surface area contributed by atoms with E-state index in [-0.39, 0.29) is 11.8 Å². The molecule has 1 aromatic heterocycles. The van der Waals surface area contributed by atoms with Crippen LogP contribution >= 0.6 is 34.5 Å². The van der Waals surface area contributed by atoms with Gasteiger partial charge in [0.1, 0.15) is 11.5 Å². The fourth-order valence-electron chi connectivity index (χ4n) is 4.22. The summed E-state index contributed by atoms with van der Waals surface area (Å²) in [5, 5.41) is 2.09. The SMILES string of the molecule is COc1ccc([C@@]23Oc4ccccc4[C@@H](c4cccs4)[C@@H]2C3(Cl)Cl)cc1. The van der Waals surface area contributed by atoms with Crippen LogP contribution in [0.25, 0.3) is 0 Å². The number of halogens is 2. The summed E-state index contributed by atoms with van der Waals surface area (Å²) < 4.78 is 10.8. The van der Waals surface area contributed by atoms with Crippen molar-refractivity contribution in [2.24, 2.45) is 5.92 Å². The van der Waals surface area contributed by atoms with Crippen LogP contribution in [-0.4, -0.2) is 11.4 Å². The van der Waals surface area contributed by atoms with Crippen LogP contribution in [-0.2, 0) is 5.60 Å². The van der Waals surface area contributed by atoms with Gasteiger partial charge >= 0.3 is 0 Å². The Labute approximate surface area is 166 Å². The largest absolute Gasteiger partial charge is 0.497 e. The lowest BCUT2D eigenvalue weighted by Crippen LogP contribution is -2.28. The van der Waals surface area contributed by atoms with Crippen LogP contribution in [0.15, 0.2) is 66.0 Å². The molecule has 1 fully saturated rings. The molecule has 0 spiro atoms. The molecule has 2 aliphatic rings. The fraction of sp³-hybridized carbons (Fsp3) is 0.238. The Kier molecular flexibility index (Phi) is 3.59. The third-order valence-corrected chi connectivity index (χ3v) is 7.45. The van der Waals surface area contributed by atoms with Crippen LogP contribution in [0.1, 0.15) is 21.9 Å². The molecule has 26 heavy (non-hydrogen) atoms. The summed E-state index contributed by atoms with van der Waals surface area (Å²) in [6, 6.07) is 20.2. The van der Waals surface area contributed by atoms with E-state index in [4.69, 9.17) is 32.7 Å². The normalized spacial score (nSPS) is 27.8. The second kappa shape index (κ2) is 5.66. The van der Waals surface area contributed by atoms with Gasteiger partial charge in [-0.3, -0.25) is 0 Å². The maximum Gasteiger partial charge on any atom is 0.174 e. The van der Waals surface area contributed by atoms with Gasteiger partial charge in [-0.2, -0.15) is 0 Å². The zero-order chi connectivity index (χ0) is 17.9. The van der Waals surface area contributed by atoms with Crippen molar-refractivity contribution in [1.29, 1.82) is 0 Å². The number of alkyl halides is 2. The Morgan fingerprint density at radius 1 is 1.00 bits per heavy atom. The van der Waals surface area contributed by atoms with Crippen LogP contribution in [0.4, 0.5) is 0 Å². The third-order valence-electron chi connectivity index (χ3n) is 5.47. The van der Waals surface area contributed by atoms with Gasteiger partial charge in [0.15, 0.2) is 9.93 Å². The average Bonchev–Trinajstić information content (AvgIpc) is 3.02. The Hall–Kier alpha value is -1.68. The predicted molar refractivity (Wildman–Crippen MR) is 106 cm³/mol. The third kappa shape index (κ3) is 2.05. The zero-order valence-corrected chi connectivity index (χ0v) is 16.3. The molecule has 0 radical (unpaired) electrons. The van der Waals surface area contributed by atoms with E-state index in [1.165, 1.54) is 4.88 Å². The molecule has 2 heterocycles. The zero-order valence-electron chi connectivity index (χ0n) is 14.0. The molecule has 1 aliphatic heterocycles. The van der Waals surface area contributed by atoms with Crippen molar-refractivity contribution in [1.82, 2.24) is 0 Å². The van der Waals surface area contributed by atoms with Crippen molar-refractivity contribution in [3.05, 3.63) is 82.0 Å². The number of para-hydroxylation sites is 1. The lowest BCUT2D eigenvalue weighted by Gasteiger charge is -2.31. The van der Waals surface area contributed by atoms with Gasteiger partial charge in [-0.05, 0) is 35.2 Å². The molecule has 5 heteroatoms. The number of methoxy groups -OCH3 is 1. The molecule has 132 valence electrons. The second-order valence-corrected chi connectivity index (χ2v) is 9.06. The predicted octanol–water partition coefficient (Wildman–Crippen LogP) is 5.98. The Bertz CT molecular complexity index is 952. The molecule has 0 unspecified atom stereocenters. The van der Waals surface area contributed by atoms with Crippen LogP contribution < -0.4 is 9.47 Å². The van der Waals surface area contributed by atoms with E-state index in [1.54, 1.807) is 18.4 Å². The molecule has 5 rings (SSSR count). The van der Waals surface area contributed by atoms with Gasteiger partial charge in [0, 0.05) is 16.4 Å². The van der Waals surface area contributed by atoms with Crippen LogP contribution in [0.2, 0.25) is 0 Å². The van der Waals surface area contributed by atoms with Crippen molar-refractivity contribution in [2.45, 2.75) is 15.9 Å². The van der Waals surface area contributed by atoms with Crippen molar-refractivity contribution in [3.63, 3.8) is 0 Å². The summed E-state index contributed by atoms with van der Waals surface area (Å²) in [7, 11) is 1.65. The van der Waals surface area contributed by atoms with E-state index in [2.05, 4.69) is 23.6 Å². The minimum atomic E-state index is -1.00. The average molecular weight is 403 g/mol. The van der Waals surface area contributed by atoms with E-state index in [9.17, 15) is 0 Å². The first-order chi connectivity index (χ1) is 12.6. The number of hydrogen-bond acceptors (Lipinski definition) is 3. The summed E-state index contributed by atoms with van der Waals surface area (Å²) in [4.78, 5) is 1.26. The summed E-state index contributed by atoms with van der Waals surface area (Å²) in [6.45, 7) is 0. The first-order valence-electron chi connectivity index (χ1n) is 8.43. The van der Waals surface area contributed by atoms with Gasteiger partial charge in [-0.15, -0.1) is 11.3 Å². The van der Waals surface area contributed by atoms with Gasteiger partial charge in [-0.1, -0.05) is 59.6 Å². The maximum atomic E-state index is 6.89. The molecule has 3 aromatic rings. The number of rotatable bonds is 3. The minimum absolute atomic E-state index is 0.0553.